The molecular formula is C12H16F2N2O. The number of benzene rings is 1. The molecule has 17 heavy (non-hydrogen) atoms. The van der Waals surface area contributed by atoms with E-state index in [0.717, 1.165) is 31.4 Å². The third kappa shape index (κ3) is 2.34. The van der Waals surface area contributed by atoms with E-state index in [4.69, 9.17) is 10.8 Å². The summed E-state index contributed by atoms with van der Waals surface area (Å²) in [5.41, 5.74) is 5.38. The molecule has 2 rings (SSSR count). The van der Waals surface area contributed by atoms with Gasteiger partial charge in [0.05, 0.1) is 6.61 Å². The van der Waals surface area contributed by atoms with Gasteiger partial charge >= 0.3 is 0 Å². The van der Waals surface area contributed by atoms with Gasteiger partial charge in [0.1, 0.15) is 5.69 Å². The zero-order valence-corrected chi connectivity index (χ0v) is 9.50. The molecule has 0 atom stereocenters. The van der Waals surface area contributed by atoms with Crippen molar-refractivity contribution >= 4 is 11.4 Å². The van der Waals surface area contributed by atoms with E-state index in [1.54, 1.807) is 4.90 Å². The lowest BCUT2D eigenvalue weighted by molar-refractivity contribution is 0.281. The molecule has 1 aliphatic carbocycles. The van der Waals surface area contributed by atoms with E-state index in [1.807, 2.05) is 0 Å². The molecule has 0 aliphatic heterocycles. The Morgan fingerprint density at radius 3 is 2.29 bits per heavy atom. The molecule has 0 spiro atoms. The molecular weight excluding hydrogens is 226 g/mol. The SMILES string of the molecule is Nc1cc(F)c(N(CCO)C2CCC2)c(F)c1. The second-order valence-electron chi connectivity index (χ2n) is 4.33. The summed E-state index contributed by atoms with van der Waals surface area (Å²) in [6.07, 6.45) is 2.87. The minimum atomic E-state index is -0.664. The highest BCUT2D eigenvalue weighted by Crippen LogP contribution is 2.33. The number of nitrogens with two attached hydrogens (primary N) is 1. The van der Waals surface area contributed by atoms with Gasteiger partial charge in [-0.15, -0.1) is 0 Å². The molecule has 0 saturated heterocycles. The third-order valence-electron chi connectivity index (χ3n) is 3.18. The van der Waals surface area contributed by atoms with Crippen molar-refractivity contribution in [2.45, 2.75) is 25.3 Å². The second kappa shape index (κ2) is 4.87. The molecule has 0 unspecified atom stereocenters. The molecule has 0 bridgehead atoms. The van der Waals surface area contributed by atoms with E-state index < -0.39 is 11.6 Å². The second-order valence-corrected chi connectivity index (χ2v) is 4.33. The highest BCUT2D eigenvalue weighted by Gasteiger charge is 2.28. The van der Waals surface area contributed by atoms with Crippen molar-refractivity contribution in [3.05, 3.63) is 23.8 Å². The maximum absolute atomic E-state index is 13.8. The summed E-state index contributed by atoms with van der Waals surface area (Å²) in [5, 5.41) is 8.99. The number of hydrogen-bond acceptors (Lipinski definition) is 3. The largest absolute Gasteiger partial charge is 0.399 e. The van der Waals surface area contributed by atoms with E-state index in [2.05, 4.69) is 0 Å². The molecule has 0 radical (unpaired) electrons. The summed E-state index contributed by atoms with van der Waals surface area (Å²) in [5.74, 6) is -1.33. The van der Waals surface area contributed by atoms with Crippen LogP contribution < -0.4 is 10.6 Å². The fourth-order valence-electron chi connectivity index (χ4n) is 2.14. The number of nitrogen functional groups attached to an aromatic ring is 1. The molecule has 1 aromatic carbocycles. The van der Waals surface area contributed by atoms with Gasteiger partial charge in [-0.25, -0.2) is 8.78 Å². The molecule has 0 amide bonds. The van der Waals surface area contributed by atoms with Crippen LogP contribution in [-0.2, 0) is 0 Å². The summed E-state index contributed by atoms with van der Waals surface area (Å²) < 4.78 is 27.5. The highest BCUT2D eigenvalue weighted by atomic mass is 19.1. The molecule has 3 N–H and O–H groups in total. The Kier molecular flexibility index (Phi) is 3.47. The number of nitrogens with zero attached hydrogens (tertiary/aromatic N) is 1. The van der Waals surface area contributed by atoms with Crippen LogP contribution in [0.25, 0.3) is 0 Å². The topological polar surface area (TPSA) is 49.5 Å². The minimum absolute atomic E-state index is 0.0707. The lowest BCUT2D eigenvalue weighted by atomic mass is 9.91. The lowest BCUT2D eigenvalue weighted by Crippen LogP contribution is -2.43. The molecule has 3 nitrogen and oxygen atoms in total. The number of halogens is 2. The molecule has 5 heteroatoms. The lowest BCUT2D eigenvalue weighted by Gasteiger charge is -2.39. The van der Waals surface area contributed by atoms with E-state index in [1.165, 1.54) is 0 Å². The van der Waals surface area contributed by atoms with E-state index in [0.29, 0.717) is 0 Å². The van der Waals surface area contributed by atoms with Crippen molar-refractivity contribution in [1.82, 2.24) is 0 Å². The number of rotatable bonds is 4. The third-order valence-corrected chi connectivity index (χ3v) is 3.18. The van der Waals surface area contributed by atoms with Gasteiger partial charge in [0.15, 0.2) is 11.6 Å². The number of aliphatic hydroxyl groups excluding tert-OH is 1. The Labute approximate surface area is 98.8 Å². The van der Waals surface area contributed by atoms with Crippen LogP contribution >= 0.6 is 0 Å². The van der Waals surface area contributed by atoms with Crippen molar-refractivity contribution in [1.29, 1.82) is 0 Å². The van der Waals surface area contributed by atoms with E-state index >= 15 is 0 Å². The quantitative estimate of drug-likeness (QED) is 0.793. The fourth-order valence-corrected chi connectivity index (χ4v) is 2.14. The highest BCUT2D eigenvalue weighted by molar-refractivity contribution is 5.56. The predicted molar refractivity (Wildman–Crippen MR) is 62.8 cm³/mol. The number of aliphatic hydroxyl groups is 1. The zero-order valence-electron chi connectivity index (χ0n) is 9.50. The standard InChI is InChI=1S/C12H16F2N2O/c13-10-6-8(15)7-11(14)12(10)16(4-5-17)9-2-1-3-9/h6-7,9,17H,1-5,15H2. The normalized spacial score (nSPS) is 15.7. The average molecular weight is 242 g/mol. The molecule has 1 aromatic rings. The van der Waals surface area contributed by atoms with Gasteiger partial charge in [0, 0.05) is 18.3 Å². The summed E-state index contributed by atoms with van der Waals surface area (Å²) >= 11 is 0. The maximum atomic E-state index is 13.8. The maximum Gasteiger partial charge on any atom is 0.151 e. The van der Waals surface area contributed by atoms with Crippen molar-refractivity contribution in [3.63, 3.8) is 0 Å². The van der Waals surface area contributed by atoms with Gasteiger partial charge < -0.3 is 15.7 Å². The smallest absolute Gasteiger partial charge is 0.151 e. The predicted octanol–water partition coefficient (Wildman–Crippen LogP) is 1.90. The molecule has 0 aromatic heterocycles. The van der Waals surface area contributed by atoms with Crippen LogP contribution in [0.1, 0.15) is 19.3 Å². The first-order chi connectivity index (χ1) is 8.13. The van der Waals surface area contributed by atoms with Crippen LogP contribution in [0.3, 0.4) is 0 Å². The Bertz CT molecular complexity index is 384. The van der Waals surface area contributed by atoms with E-state index in [9.17, 15) is 8.78 Å². The van der Waals surface area contributed by atoms with Crippen LogP contribution in [0.15, 0.2) is 12.1 Å². The molecule has 94 valence electrons. The monoisotopic (exact) mass is 242 g/mol. The summed E-state index contributed by atoms with van der Waals surface area (Å²) in [6, 6.07) is 2.35. The summed E-state index contributed by atoms with van der Waals surface area (Å²) in [6.45, 7) is 0.113. The van der Waals surface area contributed by atoms with Gasteiger partial charge in [-0.05, 0) is 31.4 Å². The van der Waals surface area contributed by atoms with Crippen molar-refractivity contribution < 1.29 is 13.9 Å². The summed E-state index contributed by atoms with van der Waals surface area (Å²) in [4.78, 5) is 1.60. The first-order valence-electron chi connectivity index (χ1n) is 5.75. The number of hydrogen-bond donors (Lipinski definition) is 2. The van der Waals surface area contributed by atoms with Gasteiger partial charge in [0.2, 0.25) is 0 Å². The van der Waals surface area contributed by atoms with Crippen LogP contribution in [0.4, 0.5) is 20.2 Å². The van der Waals surface area contributed by atoms with Gasteiger partial charge in [-0.2, -0.15) is 0 Å². The first kappa shape index (κ1) is 12.1. The van der Waals surface area contributed by atoms with Crippen LogP contribution in [-0.4, -0.2) is 24.3 Å². The van der Waals surface area contributed by atoms with Crippen LogP contribution in [0.2, 0.25) is 0 Å². The van der Waals surface area contributed by atoms with Gasteiger partial charge in [-0.3, -0.25) is 0 Å². The zero-order chi connectivity index (χ0) is 12.4. The molecule has 1 aliphatic rings. The van der Waals surface area contributed by atoms with Crippen molar-refractivity contribution in [3.8, 4) is 0 Å². The Balaban J connectivity index is 2.34. The molecule has 0 heterocycles. The van der Waals surface area contributed by atoms with Crippen LogP contribution in [0.5, 0.6) is 0 Å². The number of anilines is 2. The fraction of sp³-hybridized carbons (Fsp3) is 0.500. The Hall–Kier alpha value is -1.36. The van der Waals surface area contributed by atoms with Gasteiger partial charge in [0.25, 0.3) is 0 Å². The van der Waals surface area contributed by atoms with Gasteiger partial charge in [-0.1, -0.05) is 0 Å². The van der Waals surface area contributed by atoms with Crippen molar-refractivity contribution in [2.24, 2.45) is 0 Å². The molecule has 1 fully saturated rings. The summed E-state index contributed by atoms with van der Waals surface area (Å²) in [7, 11) is 0. The minimum Gasteiger partial charge on any atom is -0.399 e. The first-order valence-corrected chi connectivity index (χ1v) is 5.75. The Morgan fingerprint density at radius 1 is 1.29 bits per heavy atom. The van der Waals surface area contributed by atoms with E-state index in [-0.39, 0.29) is 30.6 Å². The van der Waals surface area contributed by atoms with Crippen molar-refractivity contribution in [2.75, 3.05) is 23.8 Å². The molecule has 1 saturated carbocycles. The van der Waals surface area contributed by atoms with Crippen LogP contribution in [0, 0.1) is 11.6 Å². The average Bonchev–Trinajstić information content (AvgIpc) is 2.13. The Morgan fingerprint density at radius 2 is 1.88 bits per heavy atom.